The maximum absolute atomic E-state index is 12.4. The van der Waals surface area contributed by atoms with Crippen LogP contribution in [0.3, 0.4) is 0 Å². The fraction of sp³-hybridized carbons (Fsp3) is 0.111. The smallest absolute Gasteiger partial charge is 0.277 e. The molecule has 1 amide bonds. The van der Waals surface area contributed by atoms with E-state index in [1.165, 1.54) is 0 Å². The van der Waals surface area contributed by atoms with E-state index in [2.05, 4.69) is 10.3 Å². The fourth-order valence-electron chi connectivity index (χ4n) is 2.20. The van der Waals surface area contributed by atoms with Crippen molar-refractivity contribution >= 4 is 11.6 Å². The van der Waals surface area contributed by atoms with Gasteiger partial charge in [-0.05, 0) is 31.2 Å². The monoisotopic (exact) mass is 308 g/mol. The number of nitrogens with one attached hydrogen (secondary N) is 1. The highest BCUT2D eigenvalue weighted by atomic mass is 16.5. The molecule has 1 N–H and O–H groups in total. The number of benzene rings is 2. The molecule has 0 aliphatic rings. The molecule has 0 spiro atoms. The van der Waals surface area contributed by atoms with Crippen LogP contribution in [0.2, 0.25) is 0 Å². The Morgan fingerprint density at radius 2 is 1.91 bits per heavy atom. The van der Waals surface area contributed by atoms with Gasteiger partial charge in [0, 0.05) is 17.3 Å². The van der Waals surface area contributed by atoms with Crippen molar-refractivity contribution in [2.45, 2.75) is 6.92 Å². The van der Waals surface area contributed by atoms with Crippen molar-refractivity contribution < 1.29 is 13.9 Å². The largest absolute Gasteiger partial charge is 0.497 e. The van der Waals surface area contributed by atoms with Gasteiger partial charge in [-0.3, -0.25) is 4.79 Å². The average molecular weight is 308 g/mol. The Morgan fingerprint density at radius 1 is 1.13 bits per heavy atom. The summed E-state index contributed by atoms with van der Waals surface area (Å²) >= 11 is 0. The van der Waals surface area contributed by atoms with Crippen molar-refractivity contribution in [3.8, 4) is 17.2 Å². The maximum Gasteiger partial charge on any atom is 0.277 e. The predicted octanol–water partition coefficient (Wildman–Crippen LogP) is 3.91. The number of amides is 1. The van der Waals surface area contributed by atoms with E-state index in [0.29, 0.717) is 23.1 Å². The minimum atomic E-state index is -0.318. The quantitative estimate of drug-likeness (QED) is 0.793. The van der Waals surface area contributed by atoms with Gasteiger partial charge in [0.2, 0.25) is 5.89 Å². The zero-order valence-corrected chi connectivity index (χ0v) is 12.9. The first-order valence-corrected chi connectivity index (χ1v) is 7.15. The zero-order chi connectivity index (χ0) is 16.2. The molecule has 0 unspecified atom stereocenters. The lowest BCUT2D eigenvalue weighted by Gasteiger charge is -2.05. The lowest BCUT2D eigenvalue weighted by Crippen LogP contribution is -2.13. The minimum Gasteiger partial charge on any atom is -0.497 e. The average Bonchev–Trinajstić information content (AvgIpc) is 2.98. The van der Waals surface area contributed by atoms with Crippen LogP contribution in [0, 0.1) is 6.92 Å². The number of oxazole rings is 1. The molecule has 0 aliphatic heterocycles. The summed E-state index contributed by atoms with van der Waals surface area (Å²) < 4.78 is 10.8. The van der Waals surface area contributed by atoms with E-state index in [1.54, 1.807) is 32.2 Å². The summed E-state index contributed by atoms with van der Waals surface area (Å²) in [6.07, 6.45) is 0. The molecule has 1 aromatic heterocycles. The van der Waals surface area contributed by atoms with Gasteiger partial charge < -0.3 is 14.5 Å². The molecule has 3 rings (SSSR count). The Labute approximate surface area is 133 Å². The van der Waals surface area contributed by atoms with Crippen LogP contribution < -0.4 is 10.1 Å². The summed E-state index contributed by atoms with van der Waals surface area (Å²) in [5.74, 6) is 1.26. The second-order valence-electron chi connectivity index (χ2n) is 4.98. The number of nitrogens with zero attached hydrogens (tertiary/aromatic N) is 1. The summed E-state index contributed by atoms with van der Waals surface area (Å²) in [6, 6.07) is 16.6. The van der Waals surface area contributed by atoms with E-state index in [4.69, 9.17) is 9.15 Å². The molecule has 5 nitrogen and oxygen atoms in total. The van der Waals surface area contributed by atoms with Crippen molar-refractivity contribution in [2.75, 3.05) is 12.4 Å². The van der Waals surface area contributed by atoms with Gasteiger partial charge in [0.25, 0.3) is 5.91 Å². The number of ether oxygens (including phenoxy) is 1. The summed E-state index contributed by atoms with van der Waals surface area (Å²) in [6.45, 7) is 1.72. The Bertz CT molecular complexity index is 825. The van der Waals surface area contributed by atoms with E-state index < -0.39 is 0 Å². The molecule has 5 heteroatoms. The molecule has 0 radical (unpaired) electrons. The number of anilines is 1. The van der Waals surface area contributed by atoms with Crippen molar-refractivity contribution in [1.82, 2.24) is 4.98 Å². The van der Waals surface area contributed by atoms with Crippen molar-refractivity contribution in [3.05, 3.63) is 66.1 Å². The van der Waals surface area contributed by atoms with Crippen LogP contribution in [0.4, 0.5) is 5.69 Å². The minimum absolute atomic E-state index is 0.270. The highest BCUT2D eigenvalue weighted by molar-refractivity contribution is 6.03. The Balaban J connectivity index is 1.84. The van der Waals surface area contributed by atoms with Crippen LogP contribution in [0.5, 0.6) is 5.75 Å². The Kier molecular flexibility index (Phi) is 4.10. The van der Waals surface area contributed by atoms with Gasteiger partial charge >= 0.3 is 0 Å². The molecule has 2 aromatic carbocycles. The van der Waals surface area contributed by atoms with Crippen molar-refractivity contribution in [1.29, 1.82) is 0 Å². The number of carbonyl (C=O) groups is 1. The first-order valence-electron chi connectivity index (χ1n) is 7.15. The summed E-state index contributed by atoms with van der Waals surface area (Å²) in [4.78, 5) is 16.7. The first kappa shape index (κ1) is 14.8. The number of rotatable bonds is 4. The van der Waals surface area contributed by atoms with E-state index >= 15 is 0 Å². The number of aromatic nitrogens is 1. The van der Waals surface area contributed by atoms with Crippen LogP contribution in [-0.4, -0.2) is 18.0 Å². The summed E-state index contributed by atoms with van der Waals surface area (Å²) in [5, 5.41) is 2.80. The number of hydrogen-bond donors (Lipinski definition) is 1. The first-order chi connectivity index (χ1) is 11.2. The van der Waals surface area contributed by atoms with E-state index in [9.17, 15) is 4.79 Å². The van der Waals surface area contributed by atoms with Crippen LogP contribution in [0.25, 0.3) is 11.5 Å². The van der Waals surface area contributed by atoms with Gasteiger partial charge in [0.15, 0.2) is 5.69 Å². The zero-order valence-electron chi connectivity index (χ0n) is 12.9. The van der Waals surface area contributed by atoms with Crippen LogP contribution >= 0.6 is 0 Å². The van der Waals surface area contributed by atoms with Gasteiger partial charge in [-0.15, -0.1) is 0 Å². The molecule has 0 aliphatic carbocycles. The van der Waals surface area contributed by atoms with Gasteiger partial charge in [0.05, 0.1) is 7.11 Å². The molecule has 1 heterocycles. The molecule has 116 valence electrons. The van der Waals surface area contributed by atoms with E-state index in [0.717, 1.165) is 5.56 Å². The number of hydrogen-bond acceptors (Lipinski definition) is 4. The number of carbonyl (C=O) groups excluding carboxylic acids is 1. The molecule has 0 saturated heterocycles. The second kappa shape index (κ2) is 6.36. The fourth-order valence-corrected chi connectivity index (χ4v) is 2.20. The number of aryl methyl sites for hydroxylation is 1. The SMILES string of the molecule is COc1cccc(NC(=O)c2nc(-c3ccccc3)oc2C)c1. The lowest BCUT2D eigenvalue weighted by atomic mass is 10.2. The maximum atomic E-state index is 12.4. The molecular weight excluding hydrogens is 292 g/mol. The standard InChI is InChI=1S/C18H16N2O3/c1-12-16(20-18(23-12)13-7-4-3-5-8-13)17(21)19-14-9-6-10-15(11-14)22-2/h3-11H,1-2H3,(H,19,21). The van der Waals surface area contributed by atoms with E-state index in [1.807, 2.05) is 36.4 Å². The molecule has 0 fully saturated rings. The highest BCUT2D eigenvalue weighted by Gasteiger charge is 2.18. The van der Waals surface area contributed by atoms with Gasteiger partial charge in [-0.1, -0.05) is 24.3 Å². The van der Waals surface area contributed by atoms with Gasteiger partial charge in [-0.2, -0.15) is 0 Å². The van der Waals surface area contributed by atoms with Crippen LogP contribution in [0.1, 0.15) is 16.2 Å². The van der Waals surface area contributed by atoms with Crippen LogP contribution in [-0.2, 0) is 0 Å². The third kappa shape index (κ3) is 3.23. The van der Waals surface area contributed by atoms with Gasteiger partial charge in [0.1, 0.15) is 11.5 Å². The van der Waals surface area contributed by atoms with E-state index in [-0.39, 0.29) is 11.6 Å². The van der Waals surface area contributed by atoms with Crippen molar-refractivity contribution in [3.63, 3.8) is 0 Å². The second-order valence-corrected chi connectivity index (χ2v) is 4.98. The van der Waals surface area contributed by atoms with Crippen LogP contribution in [0.15, 0.2) is 59.0 Å². The topological polar surface area (TPSA) is 64.4 Å². The highest BCUT2D eigenvalue weighted by Crippen LogP contribution is 2.23. The third-order valence-corrected chi connectivity index (χ3v) is 3.36. The predicted molar refractivity (Wildman–Crippen MR) is 87.6 cm³/mol. The molecule has 23 heavy (non-hydrogen) atoms. The lowest BCUT2D eigenvalue weighted by molar-refractivity contribution is 0.102. The summed E-state index contributed by atoms with van der Waals surface area (Å²) in [5.41, 5.74) is 1.74. The molecular formula is C18H16N2O3. The number of methoxy groups -OCH3 is 1. The third-order valence-electron chi connectivity index (χ3n) is 3.36. The summed E-state index contributed by atoms with van der Waals surface area (Å²) in [7, 11) is 1.58. The van der Waals surface area contributed by atoms with Crippen molar-refractivity contribution in [2.24, 2.45) is 0 Å². The molecule has 0 atom stereocenters. The van der Waals surface area contributed by atoms with Gasteiger partial charge in [-0.25, -0.2) is 4.98 Å². The normalized spacial score (nSPS) is 10.3. The molecule has 3 aromatic rings. The molecule has 0 bridgehead atoms. The Hall–Kier alpha value is -3.08. The Morgan fingerprint density at radius 3 is 2.65 bits per heavy atom. The molecule has 0 saturated carbocycles.